The lowest BCUT2D eigenvalue weighted by molar-refractivity contribution is -0.141. The highest BCUT2D eigenvalue weighted by Gasteiger charge is 2.30. The Morgan fingerprint density at radius 3 is 2.32 bits per heavy atom. The van der Waals surface area contributed by atoms with Gasteiger partial charge >= 0.3 is 0 Å². The first-order valence-electron chi connectivity index (χ1n) is 9.00. The van der Waals surface area contributed by atoms with Gasteiger partial charge in [-0.05, 0) is 31.4 Å². The lowest BCUT2D eigenvalue weighted by Crippen LogP contribution is -2.50. The predicted octanol–water partition coefficient (Wildman–Crippen LogP) is 4.57. The van der Waals surface area contributed by atoms with Crippen LogP contribution in [-0.2, 0) is 16.1 Å². The van der Waals surface area contributed by atoms with Crippen molar-refractivity contribution in [3.8, 4) is 0 Å². The van der Waals surface area contributed by atoms with E-state index >= 15 is 0 Å². The zero-order valence-corrected chi connectivity index (χ0v) is 16.4. The van der Waals surface area contributed by atoms with E-state index in [0.29, 0.717) is 28.5 Å². The minimum absolute atomic E-state index is 0.0793. The molecule has 1 N–H and O–H groups in total. The Balaban J connectivity index is 2.21. The van der Waals surface area contributed by atoms with Crippen LogP contribution in [0.2, 0.25) is 10.0 Å². The van der Waals surface area contributed by atoms with Crippen molar-refractivity contribution in [2.24, 2.45) is 0 Å². The van der Waals surface area contributed by atoms with Gasteiger partial charge in [0.1, 0.15) is 6.04 Å². The smallest absolute Gasteiger partial charge is 0.243 e. The van der Waals surface area contributed by atoms with Crippen molar-refractivity contribution in [1.82, 2.24) is 10.2 Å². The van der Waals surface area contributed by atoms with E-state index in [1.807, 2.05) is 6.92 Å². The topological polar surface area (TPSA) is 49.4 Å². The second-order valence-corrected chi connectivity index (χ2v) is 7.30. The van der Waals surface area contributed by atoms with Crippen LogP contribution in [0.5, 0.6) is 0 Å². The summed E-state index contributed by atoms with van der Waals surface area (Å²) in [6, 6.07) is 4.97. The number of nitrogens with zero attached hydrogens (tertiary/aromatic N) is 1. The predicted molar refractivity (Wildman–Crippen MR) is 102 cm³/mol. The van der Waals surface area contributed by atoms with E-state index in [0.717, 1.165) is 25.7 Å². The van der Waals surface area contributed by atoms with E-state index in [4.69, 9.17) is 23.2 Å². The van der Waals surface area contributed by atoms with Crippen LogP contribution in [0.15, 0.2) is 18.2 Å². The molecule has 2 amide bonds. The van der Waals surface area contributed by atoms with Gasteiger partial charge in [-0.1, -0.05) is 56.0 Å². The van der Waals surface area contributed by atoms with Gasteiger partial charge < -0.3 is 10.2 Å². The van der Waals surface area contributed by atoms with Gasteiger partial charge in [-0.2, -0.15) is 0 Å². The van der Waals surface area contributed by atoms with E-state index in [1.54, 1.807) is 30.0 Å². The molecule has 1 aromatic rings. The van der Waals surface area contributed by atoms with Crippen molar-refractivity contribution in [2.75, 3.05) is 0 Å². The first kappa shape index (κ1) is 20.1. The van der Waals surface area contributed by atoms with E-state index in [2.05, 4.69) is 5.32 Å². The molecule has 1 atom stereocenters. The zero-order chi connectivity index (χ0) is 18.4. The molecule has 138 valence electrons. The molecule has 6 heteroatoms. The molecule has 1 fully saturated rings. The maximum atomic E-state index is 12.8. The fourth-order valence-electron chi connectivity index (χ4n) is 3.34. The first-order valence-corrected chi connectivity index (χ1v) is 9.76. The molecule has 1 aliphatic rings. The molecular formula is C19H26Cl2N2O2. The molecule has 4 nitrogen and oxygen atoms in total. The monoisotopic (exact) mass is 384 g/mol. The molecule has 0 heterocycles. The maximum Gasteiger partial charge on any atom is 0.243 e. The summed E-state index contributed by atoms with van der Waals surface area (Å²) >= 11 is 12.5. The molecule has 0 saturated heterocycles. The number of hydrogen-bond acceptors (Lipinski definition) is 2. The molecule has 0 bridgehead atoms. The Morgan fingerprint density at radius 2 is 1.80 bits per heavy atom. The van der Waals surface area contributed by atoms with E-state index in [1.165, 1.54) is 0 Å². The SMILES string of the molecule is CCC(=O)N(Cc1c(Cl)cccc1Cl)[C@H](CC)C(=O)NC1CCCC1. The molecule has 1 saturated carbocycles. The summed E-state index contributed by atoms with van der Waals surface area (Å²) in [7, 11) is 0. The van der Waals surface area contributed by atoms with Crippen LogP contribution < -0.4 is 5.32 Å². The fraction of sp³-hybridized carbons (Fsp3) is 0.579. The molecule has 0 radical (unpaired) electrons. The molecule has 2 rings (SSSR count). The molecule has 0 unspecified atom stereocenters. The van der Waals surface area contributed by atoms with Crippen LogP contribution in [0.25, 0.3) is 0 Å². The number of nitrogens with one attached hydrogen (secondary N) is 1. The fourth-order valence-corrected chi connectivity index (χ4v) is 3.86. The van der Waals surface area contributed by atoms with Gasteiger partial charge in [0.25, 0.3) is 0 Å². The van der Waals surface area contributed by atoms with Crippen molar-refractivity contribution < 1.29 is 9.59 Å². The highest BCUT2D eigenvalue weighted by Crippen LogP contribution is 2.27. The van der Waals surface area contributed by atoms with Crippen LogP contribution in [0.3, 0.4) is 0 Å². The zero-order valence-electron chi connectivity index (χ0n) is 14.9. The number of hydrogen-bond donors (Lipinski definition) is 1. The molecular weight excluding hydrogens is 359 g/mol. The number of rotatable bonds is 7. The standard InChI is InChI=1S/C19H26Cl2N2O2/c1-3-17(19(25)22-13-8-5-6-9-13)23(18(24)4-2)12-14-15(20)10-7-11-16(14)21/h7,10-11,13,17H,3-6,8-9,12H2,1-2H3,(H,22,25)/t17-/m1/s1. The van der Waals surface area contributed by atoms with E-state index in [-0.39, 0.29) is 24.4 Å². The normalized spacial score (nSPS) is 15.8. The number of carbonyl (C=O) groups is 2. The summed E-state index contributed by atoms with van der Waals surface area (Å²) in [6.45, 7) is 3.95. The van der Waals surface area contributed by atoms with Crippen molar-refractivity contribution >= 4 is 35.0 Å². The molecule has 1 aliphatic carbocycles. The highest BCUT2D eigenvalue weighted by atomic mass is 35.5. The van der Waals surface area contributed by atoms with Crippen molar-refractivity contribution in [3.63, 3.8) is 0 Å². The van der Waals surface area contributed by atoms with Crippen LogP contribution in [-0.4, -0.2) is 28.8 Å². The second kappa shape index (κ2) is 9.44. The first-order chi connectivity index (χ1) is 12.0. The summed E-state index contributed by atoms with van der Waals surface area (Å²) in [4.78, 5) is 26.9. The van der Waals surface area contributed by atoms with Crippen molar-refractivity contribution in [2.45, 2.75) is 71.0 Å². The Bertz CT molecular complexity index is 595. The Hall–Kier alpha value is -1.26. The van der Waals surface area contributed by atoms with Crippen molar-refractivity contribution in [1.29, 1.82) is 0 Å². The van der Waals surface area contributed by atoms with Gasteiger partial charge in [0.15, 0.2) is 0 Å². The molecule has 0 aliphatic heterocycles. The lowest BCUT2D eigenvalue weighted by atomic mass is 10.1. The summed E-state index contributed by atoms with van der Waals surface area (Å²) in [5.41, 5.74) is 0.680. The summed E-state index contributed by atoms with van der Waals surface area (Å²) < 4.78 is 0. The summed E-state index contributed by atoms with van der Waals surface area (Å²) in [5.74, 6) is -0.163. The number of amides is 2. The Labute approximate surface area is 159 Å². The van der Waals surface area contributed by atoms with Gasteiger partial charge in [0, 0.05) is 34.6 Å². The van der Waals surface area contributed by atoms with Crippen LogP contribution in [0.4, 0.5) is 0 Å². The third kappa shape index (κ3) is 5.11. The van der Waals surface area contributed by atoms with Gasteiger partial charge in [-0.25, -0.2) is 0 Å². The van der Waals surface area contributed by atoms with Crippen LogP contribution in [0, 0.1) is 0 Å². The lowest BCUT2D eigenvalue weighted by Gasteiger charge is -2.31. The third-order valence-corrected chi connectivity index (χ3v) is 5.49. The number of halogens is 2. The average Bonchev–Trinajstić information content (AvgIpc) is 3.09. The highest BCUT2D eigenvalue weighted by molar-refractivity contribution is 6.36. The number of benzene rings is 1. The Kier molecular flexibility index (Phi) is 7.57. The average molecular weight is 385 g/mol. The minimum Gasteiger partial charge on any atom is -0.352 e. The van der Waals surface area contributed by atoms with Crippen molar-refractivity contribution in [3.05, 3.63) is 33.8 Å². The van der Waals surface area contributed by atoms with E-state index in [9.17, 15) is 9.59 Å². The summed E-state index contributed by atoms with van der Waals surface area (Å²) in [5, 5.41) is 4.12. The third-order valence-electron chi connectivity index (χ3n) is 4.78. The minimum atomic E-state index is -0.514. The molecule has 0 spiro atoms. The van der Waals surface area contributed by atoms with Gasteiger partial charge in [0.05, 0.1) is 0 Å². The largest absolute Gasteiger partial charge is 0.352 e. The molecule has 1 aromatic carbocycles. The van der Waals surface area contributed by atoms with E-state index < -0.39 is 6.04 Å². The quantitative estimate of drug-likeness (QED) is 0.748. The van der Waals surface area contributed by atoms with Gasteiger partial charge in [-0.15, -0.1) is 0 Å². The Morgan fingerprint density at radius 1 is 1.20 bits per heavy atom. The molecule has 25 heavy (non-hydrogen) atoms. The summed E-state index contributed by atoms with van der Waals surface area (Å²) in [6.07, 6.45) is 5.20. The van der Waals surface area contributed by atoms with Gasteiger partial charge in [0.2, 0.25) is 11.8 Å². The number of carbonyl (C=O) groups excluding carboxylic acids is 2. The van der Waals surface area contributed by atoms with Crippen LogP contribution in [0.1, 0.15) is 57.9 Å². The van der Waals surface area contributed by atoms with Gasteiger partial charge in [-0.3, -0.25) is 9.59 Å². The maximum absolute atomic E-state index is 12.8. The van der Waals surface area contributed by atoms with Crippen LogP contribution >= 0.6 is 23.2 Å². The second-order valence-electron chi connectivity index (χ2n) is 6.49. The molecule has 0 aromatic heterocycles.